The van der Waals surface area contributed by atoms with Gasteiger partial charge in [-0.05, 0) is 41.5 Å². The van der Waals surface area contributed by atoms with E-state index in [2.05, 4.69) is 60.8 Å². The average Bonchev–Trinajstić information content (AvgIpc) is 2.41. The largest absolute Gasteiger partial charge is 0.385 e. The van der Waals surface area contributed by atoms with Crippen LogP contribution in [0.25, 0.3) is 0 Å². The summed E-state index contributed by atoms with van der Waals surface area (Å²) in [6.07, 6.45) is 2.27. The Labute approximate surface area is 109 Å². The highest BCUT2D eigenvalue weighted by Crippen LogP contribution is 2.32. The Kier molecular flexibility index (Phi) is 3.06. The number of fused-ring (bicyclic) bond motifs is 1. The fourth-order valence-electron chi connectivity index (χ4n) is 2.70. The molecule has 0 amide bonds. The van der Waals surface area contributed by atoms with Crippen molar-refractivity contribution in [3.8, 4) is 0 Å². The summed E-state index contributed by atoms with van der Waals surface area (Å²) < 4.78 is 0. The fourth-order valence-corrected chi connectivity index (χ4v) is 2.70. The molecule has 2 aromatic carbocycles. The third kappa shape index (κ3) is 2.26. The maximum atomic E-state index is 3.48. The molecule has 0 bridgehead atoms. The van der Waals surface area contributed by atoms with Crippen molar-refractivity contribution in [1.29, 1.82) is 0 Å². The predicted molar refractivity (Wildman–Crippen MR) is 77.2 cm³/mol. The lowest BCUT2D eigenvalue weighted by Crippen LogP contribution is -2.15. The lowest BCUT2D eigenvalue weighted by Gasteiger charge is -2.24. The zero-order valence-electron chi connectivity index (χ0n) is 10.8. The van der Waals surface area contributed by atoms with Crippen LogP contribution in [0.1, 0.15) is 36.0 Å². The Balaban J connectivity index is 1.88. The zero-order valence-corrected chi connectivity index (χ0v) is 10.8. The van der Waals surface area contributed by atoms with Crippen LogP contribution in [-0.4, -0.2) is 6.54 Å². The third-order valence-corrected chi connectivity index (χ3v) is 3.79. The van der Waals surface area contributed by atoms with E-state index in [0.717, 1.165) is 13.0 Å². The normalized spacial score (nSPS) is 17.9. The molecule has 1 aliphatic rings. The van der Waals surface area contributed by atoms with Gasteiger partial charge >= 0.3 is 0 Å². The Morgan fingerprint density at radius 3 is 2.72 bits per heavy atom. The molecule has 0 spiro atoms. The summed E-state index contributed by atoms with van der Waals surface area (Å²) in [6.45, 7) is 3.43. The summed E-state index contributed by atoms with van der Waals surface area (Å²) in [5, 5.41) is 3.48. The van der Waals surface area contributed by atoms with Crippen molar-refractivity contribution < 1.29 is 0 Å². The molecule has 1 heterocycles. The molecule has 0 fully saturated rings. The highest BCUT2D eigenvalue weighted by molar-refractivity contribution is 5.56. The van der Waals surface area contributed by atoms with Crippen molar-refractivity contribution in [3.05, 3.63) is 65.2 Å². The third-order valence-electron chi connectivity index (χ3n) is 3.79. The van der Waals surface area contributed by atoms with E-state index < -0.39 is 0 Å². The minimum Gasteiger partial charge on any atom is -0.385 e. The van der Waals surface area contributed by atoms with E-state index in [1.807, 2.05) is 0 Å². The highest BCUT2D eigenvalue weighted by atomic mass is 14.9. The second-order valence-corrected chi connectivity index (χ2v) is 5.20. The molecule has 2 aromatic rings. The monoisotopic (exact) mass is 237 g/mol. The van der Waals surface area contributed by atoms with E-state index in [9.17, 15) is 0 Å². The van der Waals surface area contributed by atoms with Crippen LogP contribution in [0, 0.1) is 0 Å². The van der Waals surface area contributed by atoms with Gasteiger partial charge in [0.05, 0.1) is 0 Å². The van der Waals surface area contributed by atoms with Crippen molar-refractivity contribution in [2.75, 3.05) is 11.9 Å². The Morgan fingerprint density at radius 2 is 1.89 bits per heavy atom. The first-order valence-corrected chi connectivity index (χ1v) is 6.73. The molecule has 1 N–H and O–H groups in total. The van der Waals surface area contributed by atoms with Crippen LogP contribution in [0.15, 0.2) is 48.5 Å². The zero-order chi connectivity index (χ0) is 12.4. The molecular weight excluding hydrogens is 218 g/mol. The van der Waals surface area contributed by atoms with E-state index in [1.165, 1.54) is 28.8 Å². The molecular formula is C17H19N. The minimum atomic E-state index is 0.678. The highest BCUT2D eigenvalue weighted by Gasteiger charge is 2.15. The van der Waals surface area contributed by atoms with Gasteiger partial charge in [-0.3, -0.25) is 0 Å². The van der Waals surface area contributed by atoms with Crippen LogP contribution >= 0.6 is 0 Å². The van der Waals surface area contributed by atoms with Gasteiger partial charge in [-0.25, -0.2) is 0 Å². The number of rotatable bonds is 2. The molecule has 0 aliphatic carbocycles. The molecule has 0 radical (unpaired) electrons. The van der Waals surface area contributed by atoms with Crippen molar-refractivity contribution in [1.82, 2.24) is 0 Å². The number of anilines is 1. The van der Waals surface area contributed by atoms with Crippen LogP contribution in [0.4, 0.5) is 5.69 Å². The van der Waals surface area contributed by atoms with Crippen molar-refractivity contribution in [2.24, 2.45) is 0 Å². The second kappa shape index (κ2) is 4.85. The van der Waals surface area contributed by atoms with Gasteiger partial charge in [0, 0.05) is 12.2 Å². The molecule has 0 saturated heterocycles. The van der Waals surface area contributed by atoms with Crippen molar-refractivity contribution in [3.63, 3.8) is 0 Å². The number of hydrogen-bond acceptors (Lipinski definition) is 1. The molecule has 18 heavy (non-hydrogen) atoms. The average molecular weight is 237 g/mol. The minimum absolute atomic E-state index is 0.678. The number of benzene rings is 2. The summed E-state index contributed by atoms with van der Waals surface area (Å²) in [4.78, 5) is 0. The van der Waals surface area contributed by atoms with Gasteiger partial charge in [0.25, 0.3) is 0 Å². The molecule has 3 rings (SSSR count). The summed E-state index contributed by atoms with van der Waals surface area (Å²) in [5.41, 5.74) is 5.60. The fraction of sp³-hybridized carbons (Fsp3) is 0.294. The molecule has 1 nitrogen and oxygen atoms in total. The van der Waals surface area contributed by atoms with Gasteiger partial charge in [0.1, 0.15) is 0 Å². The van der Waals surface area contributed by atoms with E-state index in [0.29, 0.717) is 5.92 Å². The molecule has 1 aliphatic heterocycles. The summed E-state index contributed by atoms with van der Waals surface area (Å²) in [7, 11) is 0. The smallest absolute Gasteiger partial charge is 0.0375 e. The first-order chi connectivity index (χ1) is 8.83. The lowest BCUT2D eigenvalue weighted by molar-refractivity contribution is 0.682. The maximum Gasteiger partial charge on any atom is 0.0375 e. The van der Waals surface area contributed by atoms with Crippen LogP contribution in [0.5, 0.6) is 0 Å². The SMILES string of the molecule is CC1CCNc2ccc(Cc3ccccc3)cc21. The maximum absolute atomic E-state index is 3.48. The molecule has 1 heteroatoms. The van der Waals surface area contributed by atoms with E-state index in [-0.39, 0.29) is 0 Å². The Bertz CT molecular complexity index is 531. The standard InChI is InChI=1S/C17H19N/c1-13-9-10-18-17-8-7-15(12-16(13)17)11-14-5-3-2-4-6-14/h2-8,12-13,18H,9-11H2,1H3. The summed E-state index contributed by atoms with van der Waals surface area (Å²) in [6, 6.07) is 17.5. The lowest BCUT2D eigenvalue weighted by atomic mass is 9.90. The molecule has 1 unspecified atom stereocenters. The van der Waals surface area contributed by atoms with E-state index in [4.69, 9.17) is 0 Å². The summed E-state index contributed by atoms with van der Waals surface area (Å²) in [5.74, 6) is 0.678. The van der Waals surface area contributed by atoms with Gasteiger partial charge in [-0.1, -0.05) is 49.4 Å². The quantitative estimate of drug-likeness (QED) is 0.825. The Hall–Kier alpha value is -1.76. The van der Waals surface area contributed by atoms with Crippen LogP contribution in [0.2, 0.25) is 0 Å². The predicted octanol–water partition coefficient (Wildman–Crippen LogP) is 4.20. The van der Waals surface area contributed by atoms with E-state index in [1.54, 1.807) is 0 Å². The van der Waals surface area contributed by atoms with Gasteiger partial charge < -0.3 is 5.32 Å². The van der Waals surface area contributed by atoms with Crippen LogP contribution in [0.3, 0.4) is 0 Å². The first-order valence-electron chi connectivity index (χ1n) is 6.73. The molecule has 0 aromatic heterocycles. The topological polar surface area (TPSA) is 12.0 Å². The second-order valence-electron chi connectivity index (χ2n) is 5.20. The van der Waals surface area contributed by atoms with Crippen molar-refractivity contribution >= 4 is 5.69 Å². The Morgan fingerprint density at radius 1 is 1.06 bits per heavy atom. The van der Waals surface area contributed by atoms with Crippen LogP contribution in [-0.2, 0) is 6.42 Å². The van der Waals surface area contributed by atoms with Gasteiger partial charge in [0.15, 0.2) is 0 Å². The van der Waals surface area contributed by atoms with Gasteiger partial charge in [-0.2, -0.15) is 0 Å². The number of hydrogen-bond donors (Lipinski definition) is 1. The van der Waals surface area contributed by atoms with Gasteiger partial charge in [-0.15, -0.1) is 0 Å². The summed E-state index contributed by atoms with van der Waals surface area (Å²) >= 11 is 0. The van der Waals surface area contributed by atoms with Crippen molar-refractivity contribution in [2.45, 2.75) is 25.7 Å². The molecule has 92 valence electrons. The van der Waals surface area contributed by atoms with E-state index >= 15 is 0 Å². The first kappa shape index (κ1) is 11.3. The van der Waals surface area contributed by atoms with Gasteiger partial charge in [0.2, 0.25) is 0 Å². The number of nitrogens with one attached hydrogen (secondary N) is 1. The molecule has 0 saturated carbocycles. The molecule has 1 atom stereocenters. The van der Waals surface area contributed by atoms with Crippen LogP contribution < -0.4 is 5.32 Å².